The first-order chi connectivity index (χ1) is 7.79. The van der Waals surface area contributed by atoms with E-state index in [1.807, 2.05) is 18.2 Å². The molecule has 4 heteroatoms. The summed E-state index contributed by atoms with van der Waals surface area (Å²) in [6.45, 7) is 1.55. The highest BCUT2D eigenvalue weighted by Gasteiger charge is 2.15. The van der Waals surface area contributed by atoms with Gasteiger partial charge in [-0.25, -0.2) is 0 Å². The Hall–Kier alpha value is -1.55. The Kier molecular flexibility index (Phi) is 3.41. The van der Waals surface area contributed by atoms with Crippen LogP contribution in [0.25, 0.3) is 0 Å². The van der Waals surface area contributed by atoms with Crippen LogP contribution in [-0.2, 0) is 4.74 Å². The van der Waals surface area contributed by atoms with Gasteiger partial charge in [-0.05, 0) is 24.6 Å². The van der Waals surface area contributed by atoms with E-state index in [9.17, 15) is 4.79 Å². The monoisotopic (exact) mass is 220 g/mol. The second-order valence-electron chi connectivity index (χ2n) is 3.86. The molecule has 1 aromatic carbocycles. The van der Waals surface area contributed by atoms with Gasteiger partial charge in [-0.15, -0.1) is 0 Å². The molecule has 2 N–H and O–H groups in total. The molecular weight excluding hydrogens is 204 g/mol. The van der Waals surface area contributed by atoms with Crippen molar-refractivity contribution in [2.45, 2.75) is 12.5 Å². The third-order valence-electron chi connectivity index (χ3n) is 2.65. The molecule has 1 atom stereocenters. The van der Waals surface area contributed by atoms with Crippen molar-refractivity contribution in [3.63, 3.8) is 0 Å². The predicted octanol–water partition coefficient (Wildman–Crippen LogP) is 1.25. The highest BCUT2D eigenvalue weighted by molar-refractivity contribution is 5.94. The number of anilines is 1. The van der Waals surface area contributed by atoms with Crippen LogP contribution in [0.15, 0.2) is 24.3 Å². The average Bonchev–Trinajstić information content (AvgIpc) is 2.81. The van der Waals surface area contributed by atoms with Gasteiger partial charge in [0.1, 0.15) is 0 Å². The van der Waals surface area contributed by atoms with E-state index in [1.54, 1.807) is 13.1 Å². The van der Waals surface area contributed by atoms with Crippen LogP contribution in [0.2, 0.25) is 0 Å². The zero-order chi connectivity index (χ0) is 11.4. The van der Waals surface area contributed by atoms with Gasteiger partial charge < -0.3 is 15.4 Å². The zero-order valence-electron chi connectivity index (χ0n) is 9.32. The van der Waals surface area contributed by atoms with Gasteiger partial charge in [0.2, 0.25) is 0 Å². The molecule has 1 amide bonds. The first-order valence-corrected chi connectivity index (χ1v) is 5.46. The molecule has 0 bridgehead atoms. The van der Waals surface area contributed by atoms with Gasteiger partial charge in [0.05, 0.1) is 12.6 Å². The molecule has 1 unspecified atom stereocenters. The maximum atomic E-state index is 11.4. The molecule has 1 saturated heterocycles. The Bertz CT molecular complexity index is 373. The molecule has 1 aliphatic rings. The van der Waals surface area contributed by atoms with E-state index in [-0.39, 0.29) is 5.91 Å². The fourth-order valence-electron chi connectivity index (χ4n) is 1.78. The van der Waals surface area contributed by atoms with Crippen LogP contribution >= 0.6 is 0 Å². The summed E-state index contributed by atoms with van der Waals surface area (Å²) < 4.78 is 5.29. The Morgan fingerprint density at radius 2 is 2.38 bits per heavy atom. The molecule has 1 heterocycles. The number of rotatable bonds is 3. The molecule has 0 aromatic heterocycles. The lowest BCUT2D eigenvalue weighted by molar-refractivity contribution is 0.0963. The first kappa shape index (κ1) is 11.0. The molecule has 1 aromatic rings. The lowest BCUT2D eigenvalue weighted by Crippen LogP contribution is -2.20. The maximum Gasteiger partial charge on any atom is 0.251 e. The van der Waals surface area contributed by atoms with E-state index in [2.05, 4.69) is 10.6 Å². The summed E-state index contributed by atoms with van der Waals surface area (Å²) >= 11 is 0. The van der Waals surface area contributed by atoms with E-state index < -0.39 is 0 Å². The van der Waals surface area contributed by atoms with Gasteiger partial charge in [-0.1, -0.05) is 6.07 Å². The third kappa shape index (κ3) is 2.52. The van der Waals surface area contributed by atoms with Crippen molar-refractivity contribution in [2.24, 2.45) is 0 Å². The number of amides is 1. The van der Waals surface area contributed by atoms with Crippen LogP contribution in [0.4, 0.5) is 5.69 Å². The van der Waals surface area contributed by atoms with Gasteiger partial charge in [0, 0.05) is 24.9 Å². The minimum Gasteiger partial charge on any atom is -0.380 e. The van der Waals surface area contributed by atoms with Gasteiger partial charge in [-0.3, -0.25) is 4.79 Å². The third-order valence-corrected chi connectivity index (χ3v) is 2.65. The van der Waals surface area contributed by atoms with Crippen molar-refractivity contribution >= 4 is 11.6 Å². The van der Waals surface area contributed by atoms with Crippen LogP contribution in [0.1, 0.15) is 16.8 Å². The quantitative estimate of drug-likeness (QED) is 0.806. The van der Waals surface area contributed by atoms with Crippen molar-refractivity contribution in [2.75, 3.05) is 25.6 Å². The number of nitrogens with one attached hydrogen (secondary N) is 2. The van der Waals surface area contributed by atoms with Gasteiger partial charge in [0.15, 0.2) is 0 Å². The van der Waals surface area contributed by atoms with E-state index >= 15 is 0 Å². The molecule has 4 nitrogen and oxygen atoms in total. The van der Waals surface area contributed by atoms with Crippen LogP contribution in [0.5, 0.6) is 0 Å². The molecule has 16 heavy (non-hydrogen) atoms. The van der Waals surface area contributed by atoms with Crippen LogP contribution in [0, 0.1) is 0 Å². The van der Waals surface area contributed by atoms with Crippen molar-refractivity contribution in [1.29, 1.82) is 0 Å². The summed E-state index contributed by atoms with van der Waals surface area (Å²) in [5.41, 5.74) is 1.64. The summed E-state index contributed by atoms with van der Waals surface area (Å²) in [7, 11) is 1.63. The fourth-order valence-corrected chi connectivity index (χ4v) is 1.78. The van der Waals surface area contributed by atoms with Gasteiger partial charge in [0.25, 0.3) is 5.91 Å². The molecule has 0 spiro atoms. The summed E-state index contributed by atoms with van der Waals surface area (Å²) in [4.78, 5) is 11.4. The van der Waals surface area contributed by atoms with Crippen molar-refractivity contribution in [1.82, 2.24) is 5.32 Å². The van der Waals surface area contributed by atoms with E-state index in [4.69, 9.17) is 4.74 Å². The SMILES string of the molecule is CNC(=O)c1cccc(NC2CCOC2)c1. The lowest BCUT2D eigenvalue weighted by Gasteiger charge is -2.12. The summed E-state index contributed by atoms with van der Waals surface area (Å²) in [6.07, 6.45) is 1.02. The number of carbonyl (C=O) groups excluding carboxylic acids is 1. The number of hydrogen-bond acceptors (Lipinski definition) is 3. The molecule has 0 saturated carbocycles. The summed E-state index contributed by atoms with van der Waals surface area (Å²) in [5, 5.41) is 5.97. The zero-order valence-corrected chi connectivity index (χ0v) is 9.32. The smallest absolute Gasteiger partial charge is 0.251 e. The largest absolute Gasteiger partial charge is 0.380 e. The normalized spacial score (nSPS) is 19.4. The number of hydrogen-bond donors (Lipinski definition) is 2. The number of carbonyl (C=O) groups is 1. The van der Waals surface area contributed by atoms with E-state index in [0.717, 1.165) is 25.3 Å². The number of benzene rings is 1. The lowest BCUT2D eigenvalue weighted by atomic mass is 10.1. The minimum atomic E-state index is -0.0636. The molecule has 1 aliphatic heterocycles. The van der Waals surface area contributed by atoms with E-state index in [1.165, 1.54) is 0 Å². The van der Waals surface area contributed by atoms with Crippen molar-refractivity contribution in [3.8, 4) is 0 Å². The Morgan fingerprint density at radius 1 is 1.50 bits per heavy atom. The highest BCUT2D eigenvalue weighted by atomic mass is 16.5. The Balaban J connectivity index is 2.06. The molecule has 1 fully saturated rings. The average molecular weight is 220 g/mol. The molecular formula is C12H16N2O2. The van der Waals surface area contributed by atoms with Gasteiger partial charge in [-0.2, -0.15) is 0 Å². The van der Waals surface area contributed by atoms with Gasteiger partial charge >= 0.3 is 0 Å². The van der Waals surface area contributed by atoms with Crippen LogP contribution < -0.4 is 10.6 Å². The van der Waals surface area contributed by atoms with Crippen LogP contribution in [-0.4, -0.2) is 32.2 Å². The fraction of sp³-hybridized carbons (Fsp3) is 0.417. The molecule has 0 radical (unpaired) electrons. The summed E-state index contributed by atoms with van der Waals surface area (Å²) in [6, 6.07) is 7.86. The topological polar surface area (TPSA) is 50.4 Å². The molecule has 2 rings (SSSR count). The van der Waals surface area contributed by atoms with Crippen molar-refractivity contribution in [3.05, 3.63) is 29.8 Å². The second kappa shape index (κ2) is 4.99. The molecule has 0 aliphatic carbocycles. The molecule has 86 valence electrons. The second-order valence-corrected chi connectivity index (χ2v) is 3.86. The van der Waals surface area contributed by atoms with Crippen LogP contribution in [0.3, 0.4) is 0 Å². The van der Waals surface area contributed by atoms with Crippen molar-refractivity contribution < 1.29 is 9.53 Å². The van der Waals surface area contributed by atoms with E-state index in [0.29, 0.717) is 11.6 Å². The first-order valence-electron chi connectivity index (χ1n) is 5.46. The standard InChI is InChI=1S/C12H16N2O2/c1-13-12(15)9-3-2-4-10(7-9)14-11-5-6-16-8-11/h2-4,7,11,14H,5-6,8H2,1H3,(H,13,15). The Labute approximate surface area is 95.0 Å². The predicted molar refractivity (Wildman–Crippen MR) is 62.7 cm³/mol. The highest BCUT2D eigenvalue weighted by Crippen LogP contribution is 2.15. The Morgan fingerprint density at radius 3 is 3.06 bits per heavy atom. The minimum absolute atomic E-state index is 0.0636. The maximum absolute atomic E-state index is 11.4. The summed E-state index contributed by atoms with van der Waals surface area (Å²) in [5.74, 6) is -0.0636. The number of ether oxygens (including phenoxy) is 1.